The number of methoxy groups -OCH3 is 2. The van der Waals surface area contributed by atoms with Crippen LogP contribution in [-0.4, -0.2) is 37.8 Å². The smallest absolute Gasteiger partial charge is 0.200 e. The van der Waals surface area contributed by atoms with Gasteiger partial charge in [0.05, 0.1) is 30.7 Å². The third-order valence-corrected chi connectivity index (χ3v) is 6.11. The van der Waals surface area contributed by atoms with E-state index >= 15 is 0 Å². The van der Waals surface area contributed by atoms with E-state index in [4.69, 9.17) is 18.9 Å². The Morgan fingerprint density at radius 2 is 1.60 bits per heavy atom. The van der Waals surface area contributed by atoms with E-state index < -0.39 is 5.78 Å². The van der Waals surface area contributed by atoms with Crippen LogP contribution in [0.1, 0.15) is 27.0 Å². The van der Waals surface area contributed by atoms with Crippen molar-refractivity contribution in [3.8, 4) is 23.0 Å². The van der Waals surface area contributed by atoms with E-state index in [1.807, 2.05) is 41.8 Å². The number of carbonyl (C=O) groups excluding carboxylic acids is 1. The first-order chi connectivity index (χ1) is 17.0. The predicted octanol–water partition coefficient (Wildman–Crippen LogP) is 4.38. The first-order valence-electron chi connectivity index (χ1n) is 11.3. The molecular weight excluding hydrogens is 446 g/mol. The first kappa shape index (κ1) is 22.5. The molecule has 35 heavy (non-hydrogen) atoms. The van der Waals surface area contributed by atoms with Crippen molar-refractivity contribution >= 4 is 16.7 Å². The van der Waals surface area contributed by atoms with Crippen molar-refractivity contribution in [2.24, 2.45) is 0 Å². The highest BCUT2D eigenvalue weighted by atomic mass is 16.6. The van der Waals surface area contributed by atoms with Gasteiger partial charge in [0.25, 0.3) is 0 Å². The number of pyridine rings is 1. The molecule has 3 aromatic carbocycles. The normalized spacial score (nSPS) is 12.4. The van der Waals surface area contributed by atoms with Crippen molar-refractivity contribution in [2.75, 3.05) is 27.4 Å². The van der Waals surface area contributed by atoms with Gasteiger partial charge in [0.1, 0.15) is 13.2 Å². The van der Waals surface area contributed by atoms with E-state index in [2.05, 4.69) is 0 Å². The van der Waals surface area contributed by atoms with Crippen LogP contribution in [0.25, 0.3) is 10.9 Å². The Labute approximate surface area is 202 Å². The molecule has 7 nitrogen and oxygen atoms in total. The summed E-state index contributed by atoms with van der Waals surface area (Å²) in [5.41, 5.74) is 2.90. The lowest BCUT2D eigenvalue weighted by Crippen LogP contribution is -2.21. The van der Waals surface area contributed by atoms with Crippen LogP contribution >= 0.6 is 0 Å². The number of ketones is 1. The van der Waals surface area contributed by atoms with Crippen molar-refractivity contribution in [3.05, 3.63) is 93.3 Å². The molecule has 4 aromatic rings. The fourth-order valence-corrected chi connectivity index (χ4v) is 4.24. The topological polar surface area (TPSA) is 76.0 Å². The van der Waals surface area contributed by atoms with Gasteiger partial charge >= 0.3 is 0 Å². The number of hydrogen-bond donors (Lipinski definition) is 0. The highest BCUT2D eigenvalue weighted by Crippen LogP contribution is 2.34. The van der Waals surface area contributed by atoms with E-state index in [-0.39, 0.29) is 11.0 Å². The fraction of sp³-hybridized carbons (Fsp3) is 0.214. The lowest BCUT2D eigenvalue weighted by atomic mass is 10.0. The number of aromatic nitrogens is 1. The summed E-state index contributed by atoms with van der Waals surface area (Å²) in [5.74, 6) is 1.60. The molecule has 0 saturated heterocycles. The van der Waals surface area contributed by atoms with E-state index in [0.29, 0.717) is 59.2 Å². The molecule has 0 spiro atoms. The summed E-state index contributed by atoms with van der Waals surface area (Å²) in [6, 6.07) is 16.5. The van der Waals surface area contributed by atoms with E-state index in [0.717, 1.165) is 11.1 Å². The summed E-state index contributed by atoms with van der Waals surface area (Å²) in [5, 5.41) is 0.396. The highest BCUT2D eigenvalue weighted by Gasteiger charge is 2.22. The Morgan fingerprint density at radius 3 is 2.29 bits per heavy atom. The monoisotopic (exact) mass is 471 g/mol. The van der Waals surface area contributed by atoms with Crippen LogP contribution in [0.2, 0.25) is 0 Å². The number of nitrogens with zero attached hydrogens (tertiary/aromatic N) is 1. The van der Waals surface area contributed by atoms with E-state index in [9.17, 15) is 9.59 Å². The molecule has 1 aliphatic rings. The number of aryl methyl sites for hydroxylation is 1. The molecule has 7 heteroatoms. The Bertz CT molecular complexity index is 1490. The van der Waals surface area contributed by atoms with Crippen LogP contribution in [0.15, 0.2) is 65.6 Å². The molecular formula is C28H25NO6. The number of fused-ring (bicyclic) bond motifs is 2. The van der Waals surface area contributed by atoms with Crippen LogP contribution < -0.4 is 24.4 Å². The van der Waals surface area contributed by atoms with Crippen LogP contribution in [0, 0.1) is 6.92 Å². The zero-order valence-corrected chi connectivity index (χ0v) is 19.8. The van der Waals surface area contributed by atoms with Gasteiger partial charge in [-0.2, -0.15) is 0 Å². The van der Waals surface area contributed by atoms with Crippen molar-refractivity contribution in [1.82, 2.24) is 4.57 Å². The fourth-order valence-electron chi connectivity index (χ4n) is 4.24. The Hall–Kier alpha value is -4.26. The molecule has 0 unspecified atom stereocenters. The molecule has 0 radical (unpaired) electrons. The third kappa shape index (κ3) is 4.21. The third-order valence-electron chi connectivity index (χ3n) is 6.11. The number of ether oxygens (including phenoxy) is 4. The maximum absolute atomic E-state index is 13.6. The van der Waals surface area contributed by atoms with Gasteiger partial charge in [0.15, 0.2) is 28.8 Å². The maximum atomic E-state index is 13.6. The van der Waals surface area contributed by atoms with Gasteiger partial charge in [0, 0.05) is 24.4 Å². The Balaban J connectivity index is 1.68. The summed E-state index contributed by atoms with van der Waals surface area (Å²) in [7, 11) is 3.03. The molecule has 2 heterocycles. The lowest BCUT2D eigenvalue weighted by Gasteiger charge is -2.21. The first-order valence-corrected chi connectivity index (χ1v) is 11.3. The van der Waals surface area contributed by atoms with Crippen molar-refractivity contribution in [1.29, 1.82) is 0 Å². The van der Waals surface area contributed by atoms with E-state index in [1.54, 1.807) is 30.5 Å². The van der Waals surface area contributed by atoms with Crippen LogP contribution in [-0.2, 0) is 6.54 Å². The van der Waals surface area contributed by atoms with Gasteiger partial charge in [0.2, 0.25) is 5.43 Å². The van der Waals surface area contributed by atoms with Gasteiger partial charge in [-0.3, -0.25) is 9.59 Å². The number of hydrogen-bond acceptors (Lipinski definition) is 6. The second kappa shape index (κ2) is 9.18. The molecule has 0 fully saturated rings. The van der Waals surface area contributed by atoms with Gasteiger partial charge in [-0.15, -0.1) is 0 Å². The number of carbonyl (C=O) groups is 1. The Kier molecular flexibility index (Phi) is 5.91. The quantitative estimate of drug-likeness (QED) is 0.389. The van der Waals surface area contributed by atoms with Crippen LogP contribution in [0.4, 0.5) is 0 Å². The van der Waals surface area contributed by atoms with Crippen LogP contribution in [0.3, 0.4) is 0 Å². The van der Waals surface area contributed by atoms with Crippen molar-refractivity contribution in [3.63, 3.8) is 0 Å². The summed E-state index contributed by atoms with van der Waals surface area (Å²) in [4.78, 5) is 27.1. The average molecular weight is 472 g/mol. The average Bonchev–Trinajstić information content (AvgIpc) is 2.89. The van der Waals surface area contributed by atoms with Crippen LogP contribution in [0.5, 0.6) is 23.0 Å². The summed E-state index contributed by atoms with van der Waals surface area (Å²) < 4.78 is 24.0. The molecule has 0 amide bonds. The molecule has 0 N–H and O–H groups in total. The second-order valence-electron chi connectivity index (χ2n) is 8.40. The summed E-state index contributed by atoms with van der Waals surface area (Å²) in [6.07, 6.45) is 1.62. The van der Waals surface area contributed by atoms with Crippen molar-refractivity contribution < 1.29 is 23.7 Å². The zero-order chi connectivity index (χ0) is 24.5. The molecule has 0 atom stereocenters. The minimum absolute atomic E-state index is 0.0634. The Morgan fingerprint density at radius 1 is 0.914 bits per heavy atom. The molecule has 1 aliphatic heterocycles. The largest absolute Gasteiger partial charge is 0.493 e. The molecule has 0 saturated carbocycles. The molecule has 5 rings (SSSR count). The molecule has 1 aromatic heterocycles. The minimum atomic E-state index is -0.398. The molecule has 178 valence electrons. The second-order valence-corrected chi connectivity index (χ2v) is 8.40. The summed E-state index contributed by atoms with van der Waals surface area (Å²) >= 11 is 0. The molecule has 0 aliphatic carbocycles. The van der Waals surface area contributed by atoms with Gasteiger partial charge in [-0.1, -0.05) is 29.8 Å². The highest BCUT2D eigenvalue weighted by molar-refractivity contribution is 6.10. The number of rotatable bonds is 6. The maximum Gasteiger partial charge on any atom is 0.200 e. The predicted molar refractivity (Wildman–Crippen MR) is 132 cm³/mol. The summed E-state index contributed by atoms with van der Waals surface area (Å²) in [6.45, 7) is 3.35. The van der Waals surface area contributed by atoms with Gasteiger partial charge in [-0.05, 0) is 36.8 Å². The van der Waals surface area contributed by atoms with Crippen molar-refractivity contribution in [2.45, 2.75) is 13.5 Å². The zero-order valence-electron chi connectivity index (χ0n) is 19.8. The van der Waals surface area contributed by atoms with Gasteiger partial charge in [-0.25, -0.2) is 0 Å². The standard InChI is InChI=1S/C28H25NO6/c1-17-4-6-18(7-5-17)15-29-16-21(27(30)19-8-9-23(32-2)24(12-19)33-3)28(31)20-13-25-26(14-22(20)29)35-11-10-34-25/h4-9,12-14,16H,10-11,15H2,1-3H3. The minimum Gasteiger partial charge on any atom is -0.493 e. The molecule has 0 bridgehead atoms. The number of benzene rings is 3. The SMILES string of the molecule is COc1ccc(C(=O)c2cn(Cc3ccc(C)cc3)c3cc4c(cc3c2=O)OCCO4)cc1OC. The van der Waals surface area contributed by atoms with E-state index in [1.165, 1.54) is 14.2 Å². The van der Waals surface area contributed by atoms with Gasteiger partial charge < -0.3 is 23.5 Å². The lowest BCUT2D eigenvalue weighted by molar-refractivity contribution is 0.103.